The van der Waals surface area contributed by atoms with Gasteiger partial charge in [-0.2, -0.15) is 0 Å². The van der Waals surface area contributed by atoms with Crippen LogP contribution in [0.15, 0.2) is 36.7 Å². The average molecular weight is 340 g/mol. The third-order valence-corrected chi connectivity index (χ3v) is 4.10. The monoisotopic (exact) mass is 340 g/mol. The van der Waals surface area contributed by atoms with Crippen molar-refractivity contribution in [2.75, 3.05) is 18.5 Å². The Balaban J connectivity index is 1.93. The van der Waals surface area contributed by atoms with E-state index in [1.54, 1.807) is 0 Å². The highest BCUT2D eigenvalue weighted by Gasteiger charge is 2.33. The molecule has 2 aromatic rings. The zero-order valence-corrected chi connectivity index (χ0v) is 12.7. The van der Waals surface area contributed by atoms with Crippen LogP contribution in [0.2, 0.25) is 0 Å². The van der Waals surface area contributed by atoms with Gasteiger partial charge >= 0.3 is 0 Å². The Labute approximate surface area is 136 Å². The van der Waals surface area contributed by atoms with Crippen molar-refractivity contribution in [1.82, 2.24) is 4.98 Å². The molecule has 2 atom stereocenters. The molecule has 3 nitrogen and oxygen atoms in total. The number of halogens is 4. The predicted octanol–water partition coefficient (Wildman–Crippen LogP) is 4.11. The lowest BCUT2D eigenvalue weighted by Gasteiger charge is -2.32. The largest absolute Gasteiger partial charge is 0.381 e. The SMILES string of the molecule is Fc1ccc(F)c(-c2ccncc2NC2CCOCC2C(F)F)c1. The molecule has 2 heterocycles. The number of nitrogens with one attached hydrogen (secondary N) is 1. The third-order valence-electron chi connectivity index (χ3n) is 4.10. The number of nitrogens with zero attached hydrogens (tertiary/aromatic N) is 1. The minimum Gasteiger partial charge on any atom is -0.381 e. The number of aromatic nitrogens is 1. The van der Waals surface area contributed by atoms with Crippen LogP contribution in [0.3, 0.4) is 0 Å². The van der Waals surface area contributed by atoms with E-state index >= 15 is 0 Å². The molecule has 128 valence electrons. The van der Waals surface area contributed by atoms with Gasteiger partial charge in [-0.05, 0) is 30.7 Å². The maximum Gasteiger partial charge on any atom is 0.245 e. The van der Waals surface area contributed by atoms with Crippen molar-refractivity contribution in [3.8, 4) is 11.1 Å². The third kappa shape index (κ3) is 3.51. The van der Waals surface area contributed by atoms with Crippen LogP contribution >= 0.6 is 0 Å². The van der Waals surface area contributed by atoms with Crippen molar-refractivity contribution >= 4 is 5.69 Å². The Morgan fingerprint density at radius 2 is 2.00 bits per heavy atom. The molecule has 1 aromatic carbocycles. The molecule has 0 amide bonds. The van der Waals surface area contributed by atoms with Crippen LogP contribution in [0.25, 0.3) is 11.1 Å². The van der Waals surface area contributed by atoms with Gasteiger partial charge in [-0.1, -0.05) is 0 Å². The van der Waals surface area contributed by atoms with Crippen LogP contribution in [-0.4, -0.2) is 30.7 Å². The summed E-state index contributed by atoms with van der Waals surface area (Å²) in [5.41, 5.74) is 0.821. The number of anilines is 1. The second kappa shape index (κ2) is 7.17. The number of alkyl halides is 2. The van der Waals surface area contributed by atoms with Crippen LogP contribution in [0.4, 0.5) is 23.2 Å². The standard InChI is InChI=1S/C17H16F4N2O/c18-10-1-2-14(19)12(7-10)11-3-5-22-8-16(11)23-15-4-6-24-9-13(15)17(20)21/h1-3,5,7-8,13,15,17,23H,4,6,9H2. The molecule has 0 radical (unpaired) electrons. The summed E-state index contributed by atoms with van der Waals surface area (Å²) < 4.78 is 59.0. The van der Waals surface area contributed by atoms with E-state index in [1.807, 2.05) is 0 Å². The fourth-order valence-electron chi connectivity index (χ4n) is 2.84. The molecule has 24 heavy (non-hydrogen) atoms. The summed E-state index contributed by atoms with van der Waals surface area (Å²) in [5, 5.41) is 3.01. The number of benzene rings is 1. The Bertz CT molecular complexity index is 711. The van der Waals surface area contributed by atoms with Gasteiger partial charge in [0.25, 0.3) is 0 Å². The average Bonchev–Trinajstić information content (AvgIpc) is 2.58. The van der Waals surface area contributed by atoms with Gasteiger partial charge in [-0.15, -0.1) is 0 Å². The summed E-state index contributed by atoms with van der Waals surface area (Å²) in [4.78, 5) is 3.96. The number of rotatable bonds is 4. The molecule has 1 fully saturated rings. The first-order valence-corrected chi connectivity index (χ1v) is 7.58. The smallest absolute Gasteiger partial charge is 0.245 e. The molecule has 1 saturated heterocycles. The highest BCUT2D eigenvalue weighted by atomic mass is 19.3. The second-order valence-electron chi connectivity index (χ2n) is 5.66. The fraction of sp³-hybridized carbons (Fsp3) is 0.353. The van der Waals surface area contributed by atoms with E-state index in [0.717, 1.165) is 18.2 Å². The molecule has 0 bridgehead atoms. The second-order valence-corrected chi connectivity index (χ2v) is 5.66. The Kier molecular flexibility index (Phi) is 4.99. The zero-order valence-electron chi connectivity index (χ0n) is 12.7. The molecule has 0 spiro atoms. The quantitative estimate of drug-likeness (QED) is 0.851. The van der Waals surface area contributed by atoms with Gasteiger partial charge in [0, 0.05) is 30.0 Å². The van der Waals surface area contributed by atoms with Crippen LogP contribution in [-0.2, 0) is 4.74 Å². The normalized spacial score (nSPS) is 21.0. The molecule has 2 unspecified atom stereocenters. The van der Waals surface area contributed by atoms with E-state index in [2.05, 4.69) is 10.3 Å². The molecular weight excluding hydrogens is 324 g/mol. The summed E-state index contributed by atoms with van der Waals surface area (Å²) in [5.74, 6) is -2.14. The molecule has 1 aliphatic heterocycles. The van der Waals surface area contributed by atoms with Crippen LogP contribution in [0, 0.1) is 17.6 Å². The lowest BCUT2D eigenvalue weighted by Crippen LogP contribution is -2.41. The fourth-order valence-corrected chi connectivity index (χ4v) is 2.84. The molecular formula is C17H16F4N2O. The van der Waals surface area contributed by atoms with E-state index in [9.17, 15) is 17.6 Å². The lowest BCUT2D eigenvalue weighted by atomic mass is 9.95. The molecule has 0 saturated carbocycles. The van der Waals surface area contributed by atoms with Crippen LogP contribution in [0.1, 0.15) is 6.42 Å². The molecule has 1 aliphatic rings. The summed E-state index contributed by atoms with van der Waals surface area (Å²) in [6.45, 7) is 0.323. The Morgan fingerprint density at radius 1 is 1.17 bits per heavy atom. The Hall–Kier alpha value is -2.15. The van der Waals surface area contributed by atoms with Crippen molar-refractivity contribution in [2.45, 2.75) is 18.9 Å². The van der Waals surface area contributed by atoms with Gasteiger partial charge in [0.05, 0.1) is 24.4 Å². The summed E-state index contributed by atoms with van der Waals surface area (Å²) in [6.07, 6.45) is 0.736. The van der Waals surface area contributed by atoms with Crippen LogP contribution < -0.4 is 5.32 Å². The number of hydrogen-bond donors (Lipinski definition) is 1. The summed E-state index contributed by atoms with van der Waals surface area (Å²) in [6, 6.07) is 4.13. The first-order valence-electron chi connectivity index (χ1n) is 7.58. The summed E-state index contributed by atoms with van der Waals surface area (Å²) >= 11 is 0. The zero-order chi connectivity index (χ0) is 17.1. The van der Waals surface area contributed by atoms with Crippen molar-refractivity contribution in [1.29, 1.82) is 0 Å². The molecule has 3 rings (SSSR count). The number of pyridine rings is 1. The lowest BCUT2D eigenvalue weighted by molar-refractivity contribution is -0.0315. The van der Waals surface area contributed by atoms with Gasteiger partial charge in [-0.25, -0.2) is 17.6 Å². The van der Waals surface area contributed by atoms with E-state index in [-0.39, 0.29) is 12.2 Å². The molecule has 7 heteroatoms. The summed E-state index contributed by atoms with van der Waals surface area (Å²) in [7, 11) is 0. The van der Waals surface area contributed by atoms with Crippen molar-refractivity contribution in [3.05, 3.63) is 48.3 Å². The van der Waals surface area contributed by atoms with E-state index in [4.69, 9.17) is 4.74 Å². The van der Waals surface area contributed by atoms with E-state index in [0.29, 0.717) is 24.3 Å². The van der Waals surface area contributed by atoms with Crippen molar-refractivity contribution in [3.63, 3.8) is 0 Å². The van der Waals surface area contributed by atoms with Gasteiger partial charge in [0.1, 0.15) is 11.6 Å². The first kappa shape index (κ1) is 16.7. The highest BCUT2D eigenvalue weighted by Crippen LogP contribution is 2.32. The predicted molar refractivity (Wildman–Crippen MR) is 81.9 cm³/mol. The van der Waals surface area contributed by atoms with Gasteiger partial charge in [-0.3, -0.25) is 4.98 Å². The topological polar surface area (TPSA) is 34.2 Å². The molecule has 1 aromatic heterocycles. The Morgan fingerprint density at radius 3 is 2.79 bits per heavy atom. The molecule has 0 aliphatic carbocycles. The van der Waals surface area contributed by atoms with Gasteiger partial charge < -0.3 is 10.1 Å². The number of hydrogen-bond acceptors (Lipinski definition) is 3. The highest BCUT2D eigenvalue weighted by molar-refractivity contribution is 5.77. The van der Waals surface area contributed by atoms with E-state index < -0.39 is 30.0 Å². The molecule has 1 N–H and O–H groups in total. The van der Waals surface area contributed by atoms with Gasteiger partial charge in [0.15, 0.2) is 0 Å². The minimum atomic E-state index is -2.53. The minimum absolute atomic E-state index is 0.0424. The van der Waals surface area contributed by atoms with Crippen molar-refractivity contribution in [2.24, 2.45) is 5.92 Å². The maximum absolute atomic E-state index is 14.1. The van der Waals surface area contributed by atoms with Crippen LogP contribution in [0.5, 0.6) is 0 Å². The van der Waals surface area contributed by atoms with E-state index in [1.165, 1.54) is 18.5 Å². The van der Waals surface area contributed by atoms with Gasteiger partial charge in [0.2, 0.25) is 6.43 Å². The number of ether oxygens (including phenoxy) is 1. The first-order chi connectivity index (χ1) is 11.6. The maximum atomic E-state index is 14.1. The van der Waals surface area contributed by atoms with Crippen molar-refractivity contribution < 1.29 is 22.3 Å².